The third-order valence-electron chi connectivity index (χ3n) is 2.95. The summed E-state index contributed by atoms with van der Waals surface area (Å²) in [7, 11) is 0. The van der Waals surface area contributed by atoms with Crippen molar-refractivity contribution in [2.24, 2.45) is 0 Å². The molecule has 1 aromatic rings. The summed E-state index contributed by atoms with van der Waals surface area (Å²) < 4.78 is 6.23. The molecule has 0 aliphatic rings. The van der Waals surface area contributed by atoms with E-state index in [1.54, 1.807) is 13.0 Å². The highest BCUT2D eigenvalue weighted by atomic mass is 16.5. The number of aromatic nitrogens is 1. The Morgan fingerprint density at radius 3 is 2.11 bits per heavy atom. The fraction of sp³-hybridized carbons (Fsp3) is 0.667. The number of ether oxygens (including phenoxy) is 1. The van der Waals surface area contributed by atoms with E-state index >= 15 is 0 Å². The molecular weight excluding hydrogens is 242 g/mol. The van der Waals surface area contributed by atoms with Crippen molar-refractivity contribution < 1.29 is 14.7 Å². The molecule has 0 fully saturated rings. The fourth-order valence-electron chi connectivity index (χ4n) is 2.12. The normalized spacial score (nSPS) is 12.6. The zero-order chi connectivity index (χ0) is 15.0. The van der Waals surface area contributed by atoms with E-state index < -0.39 is 0 Å². The van der Waals surface area contributed by atoms with Crippen LogP contribution in [0.1, 0.15) is 70.2 Å². The molecule has 1 heterocycles. The quantitative estimate of drug-likeness (QED) is 0.659. The van der Waals surface area contributed by atoms with Crippen LogP contribution in [0.3, 0.4) is 0 Å². The van der Waals surface area contributed by atoms with E-state index in [9.17, 15) is 10.0 Å². The van der Waals surface area contributed by atoms with Gasteiger partial charge in [0.15, 0.2) is 0 Å². The number of hydrogen-bond acceptors (Lipinski definition) is 3. The van der Waals surface area contributed by atoms with E-state index in [1.807, 2.05) is 41.5 Å². The third kappa shape index (κ3) is 3.11. The van der Waals surface area contributed by atoms with Gasteiger partial charge in [0.1, 0.15) is 0 Å². The second kappa shape index (κ2) is 4.91. The minimum Gasteiger partial charge on any atom is -0.462 e. The molecule has 0 bridgehead atoms. The summed E-state index contributed by atoms with van der Waals surface area (Å²) in [6, 6.07) is 1.73. The molecule has 0 aliphatic carbocycles. The van der Waals surface area contributed by atoms with Crippen molar-refractivity contribution in [2.45, 2.75) is 59.3 Å². The Morgan fingerprint density at radius 2 is 1.74 bits per heavy atom. The van der Waals surface area contributed by atoms with Gasteiger partial charge in [-0.1, -0.05) is 41.5 Å². The average Bonchev–Trinajstić information content (AvgIpc) is 2.55. The number of hydrogen-bond donors (Lipinski definition) is 1. The molecule has 4 heteroatoms. The fourth-order valence-corrected chi connectivity index (χ4v) is 2.12. The summed E-state index contributed by atoms with van der Waals surface area (Å²) >= 11 is 0. The predicted molar refractivity (Wildman–Crippen MR) is 75.0 cm³/mol. The Labute approximate surface area is 115 Å². The van der Waals surface area contributed by atoms with E-state index in [0.29, 0.717) is 23.6 Å². The van der Waals surface area contributed by atoms with E-state index in [1.165, 1.54) is 0 Å². The van der Waals surface area contributed by atoms with Gasteiger partial charge >= 0.3 is 5.97 Å². The van der Waals surface area contributed by atoms with Gasteiger partial charge in [-0.05, 0) is 13.0 Å². The van der Waals surface area contributed by atoms with Gasteiger partial charge < -0.3 is 9.94 Å². The molecule has 0 amide bonds. The molecule has 0 spiro atoms. The molecular formula is C15H25NO3. The summed E-state index contributed by atoms with van der Waals surface area (Å²) in [5, 5.41) is 10.4. The maximum absolute atomic E-state index is 12.1. The van der Waals surface area contributed by atoms with Gasteiger partial charge in [0.05, 0.1) is 23.6 Å². The van der Waals surface area contributed by atoms with Gasteiger partial charge in [0.25, 0.3) is 0 Å². The van der Waals surface area contributed by atoms with E-state index in [-0.39, 0.29) is 16.8 Å². The average molecular weight is 267 g/mol. The third-order valence-corrected chi connectivity index (χ3v) is 2.95. The van der Waals surface area contributed by atoms with Crippen LogP contribution in [-0.4, -0.2) is 22.5 Å². The van der Waals surface area contributed by atoms with Crippen LogP contribution in [0.15, 0.2) is 6.07 Å². The number of rotatable bonds is 2. The van der Waals surface area contributed by atoms with Crippen molar-refractivity contribution in [3.8, 4) is 0 Å². The standard InChI is InChI=1S/C15H25NO3/c1-8-19-13(17)10-9-11(14(2,3)4)16(18)12(10)15(5,6)7/h9,18H,8H2,1-7H3. The van der Waals surface area contributed by atoms with Crippen molar-refractivity contribution in [3.63, 3.8) is 0 Å². The lowest BCUT2D eigenvalue weighted by atomic mass is 9.89. The Bertz CT molecular complexity index is 473. The lowest BCUT2D eigenvalue weighted by molar-refractivity contribution is 0.0519. The topological polar surface area (TPSA) is 51.5 Å². The predicted octanol–water partition coefficient (Wildman–Crippen LogP) is 3.50. The summed E-state index contributed by atoms with van der Waals surface area (Å²) in [6.45, 7) is 14.0. The van der Waals surface area contributed by atoms with Crippen molar-refractivity contribution in [1.82, 2.24) is 4.73 Å². The lowest BCUT2D eigenvalue weighted by Gasteiger charge is -2.23. The summed E-state index contributed by atoms with van der Waals surface area (Å²) in [4.78, 5) is 12.1. The molecule has 1 N–H and O–H groups in total. The second-order valence-corrected chi connectivity index (χ2v) is 6.82. The first kappa shape index (κ1) is 15.6. The van der Waals surface area contributed by atoms with E-state index in [4.69, 9.17) is 4.74 Å². The van der Waals surface area contributed by atoms with Crippen LogP contribution in [0.5, 0.6) is 0 Å². The second-order valence-electron chi connectivity index (χ2n) is 6.82. The van der Waals surface area contributed by atoms with Crippen molar-refractivity contribution in [3.05, 3.63) is 23.0 Å². The monoisotopic (exact) mass is 267 g/mol. The zero-order valence-corrected chi connectivity index (χ0v) is 13.0. The highest BCUT2D eigenvalue weighted by Gasteiger charge is 2.33. The Hall–Kier alpha value is -1.45. The molecule has 0 radical (unpaired) electrons. The van der Waals surface area contributed by atoms with Crippen molar-refractivity contribution in [2.75, 3.05) is 6.61 Å². The molecule has 0 aliphatic heterocycles. The SMILES string of the molecule is CCOC(=O)c1cc(C(C)(C)C)n(O)c1C(C)(C)C. The molecule has 0 saturated heterocycles. The smallest absolute Gasteiger partial charge is 0.340 e. The van der Waals surface area contributed by atoms with E-state index in [2.05, 4.69) is 0 Å². The molecule has 108 valence electrons. The minimum atomic E-state index is -0.384. The maximum atomic E-state index is 12.1. The van der Waals surface area contributed by atoms with Crippen molar-refractivity contribution in [1.29, 1.82) is 0 Å². The van der Waals surface area contributed by atoms with Crippen LogP contribution < -0.4 is 0 Å². The first-order valence-corrected chi connectivity index (χ1v) is 6.63. The van der Waals surface area contributed by atoms with E-state index in [0.717, 1.165) is 4.73 Å². The first-order chi connectivity index (χ1) is 8.50. The summed E-state index contributed by atoms with van der Waals surface area (Å²) in [5.74, 6) is -0.384. The number of carbonyl (C=O) groups excluding carboxylic acids is 1. The van der Waals surface area contributed by atoms with Gasteiger partial charge in [0.2, 0.25) is 0 Å². The zero-order valence-electron chi connectivity index (χ0n) is 13.0. The van der Waals surface area contributed by atoms with Crippen LogP contribution in [0, 0.1) is 0 Å². The van der Waals surface area contributed by atoms with Gasteiger partial charge in [-0.2, -0.15) is 4.73 Å². The van der Waals surface area contributed by atoms with Gasteiger partial charge in [0, 0.05) is 10.8 Å². The Balaban J connectivity index is 3.50. The highest BCUT2D eigenvalue weighted by molar-refractivity contribution is 5.91. The number of nitrogens with zero attached hydrogens (tertiary/aromatic N) is 1. The Kier molecular flexibility index (Phi) is 4.03. The van der Waals surface area contributed by atoms with Crippen LogP contribution in [0.2, 0.25) is 0 Å². The number of carbonyl (C=O) groups is 1. The summed E-state index contributed by atoms with van der Waals surface area (Å²) in [5.41, 5.74) is 1.15. The van der Waals surface area contributed by atoms with Crippen LogP contribution in [0.25, 0.3) is 0 Å². The molecule has 1 aromatic heterocycles. The Morgan fingerprint density at radius 1 is 1.21 bits per heavy atom. The minimum absolute atomic E-state index is 0.251. The molecule has 0 aromatic carbocycles. The molecule has 0 unspecified atom stereocenters. The molecule has 19 heavy (non-hydrogen) atoms. The number of esters is 1. The van der Waals surface area contributed by atoms with Gasteiger partial charge in [-0.15, -0.1) is 0 Å². The van der Waals surface area contributed by atoms with Crippen LogP contribution in [0.4, 0.5) is 0 Å². The molecule has 4 nitrogen and oxygen atoms in total. The molecule has 0 atom stereocenters. The largest absolute Gasteiger partial charge is 0.462 e. The lowest BCUT2D eigenvalue weighted by Crippen LogP contribution is -2.23. The van der Waals surface area contributed by atoms with Crippen LogP contribution >= 0.6 is 0 Å². The molecule has 1 rings (SSSR count). The van der Waals surface area contributed by atoms with Gasteiger partial charge in [-0.25, -0.2) is 4.79 Å². The van der Waals surface area contributed by atoms with Crippen molar-refractivity contribution >= 4 is 5.97 Å². The van der Waals surface area contributed by atoms with Gasteiger partial charge in [-0.3, -0.25) is 0 Å². The maximum Gasteiger partial charge on any atom is 0.340 e. The first-order valence-electron chi connectivity index (χ1n) is 6.63. The van der Waals surface area contributed by atoms with Crippen LogP contribution in [-0.2, 0) is 15.6 Å². The molecule has 0 saturated carbocycles. The summed E-state index contributed by atoms with van der Waals surface area (Å²) in [6.07, 6.45) is 0. The highest BCUT2D eigenvalue weighted by Crippen LogP contribution is 2.33.